The molecule has 0 unspecified atom stereocenters. The van der Waals surface area contributed by atoms with E-state index in [9.17, 15) is 13.2 Å². The van der Waals surface area contributed by atoms with Gasteiger partial charge in [-0.3, -0.25) is 4.79 Å². The minimum Gasteiger partial charge on any atom is -0.497 e. The second-order valence-corrected chi connectivity index (χ2v) is 10.8. The predicted octanol–water partition coefficient (Wildman–Crippen LogP) is 3.11. The summed E-state index contributed by atoms with van der Waals surface area (Å²) >= 11 is 6.11. The number of ether oxygens (including phenoxy) is 2. The molecule has 184 valence electrons. The first-order valence-corrected chi connectivity index (χ1v) is 13.2. The fourth-order valence-corrected chi connectivity index (χ4v) is 6.41. The van der Waals surface area contributed by atoms with E-state index in [1.807, 2.05) is 29.2 Å². The molecule has 8 nitrogen and oxygen atoms in total. The molecule has 2 aliphatic heterocycles. The Morgan fingerprint density at radius 1 is 0.941 bits per heavy atom. The number of amides is 1. The summed E-state index contributed by atoms with van der Waals surface area (Å²) in [6.07, 6.45) is 0.998. The number of benzene rings is 2. The minimum absolute atomic E-state index is 0.0799. The third-order valence-corrected chi connectivity index (χ3v) is 8.71. The number of nitrogens with zero attached hydrogens (tertiary/aromatic N) is 3. The zero-order valence-corrected chi connectivity index (χ0v) is 21.0. The molecule has 0 aromatic heterocycles. The van der Waals surface area contributed by atoms with Crippen LogP contribution in [0.15, 0.2) is 47.4 Å². The summed E-state index contributed by atoms with van der Waals surface area (Å²) in [6.45, 7) is 3.36. The van der Waals surface area contributed by atoms with Crippen LogP contribution in [0.25, 0.3) is 0 Å². The number of sulfonamides is 1. The molecule has 2 aliphatic rings. The van der Waals surface area contributed by atoms with Crippen molar-refractivity contribution in [3.63, 3.8) is 0 Å². The molecule has 0 radical (unpaired) electrons. The lowest BCUT2D eigenvalue weighted by molar-refractivity contribution is -0.137. The fourth-order valence-electron chi connectivity index (χ4n) is 4.58. The Balaban J connectivity index is 1.35. The van der Waals surface area contributed by atoms with Crippen LogP contribution in [0, 0.1) is 5.92 Å². The van der Waals surface area contributed by atoms with Gasteiger partial charge in [-0.15, -0.1) is 0 Å². The molecule has 0 aliphatic carbocycles. The van der Waals surface area contributed by atoms with Gasteiger partial charge in [-0.25, -0.2) is 8.42 Å². The highest BCUT2D eigenvalue weighted by Crippen LogP contribution is 2.33. The fraction of sp³-hybridized carbons (Fsp3) is 0.458. The molecular weight excluding hydrogens is 478 g/mol. The first kappa shape index (κ1) is 24.6. The Labute approximate surface area is 206 Å². The van der Waals surface area contributed by atoms with E-state index >= 15 is 0 Å². The topological polar surface area (TPSA) is 79.4 Å². The van der Waals surface area contributed by atoms with Gasteiger partial charge in [-0.05, 0) is 43.2 Å². The van der Waals surface area contributed by atoms with Crippen molar-refractivity contribution < 1.29 is 22.7 Å². The van der Waals surface area contributed by atoms with Gasteiger partial charge in [-0.2, -0.15) is 4.31 Å². The summed E-state index contributed by atoms with van der Waals surface area (Å²) in [6, 6.07) is 12.5. The van der Waals surface area contributed by atoms with Gasteiger partial charge in [0.15, 0.2) is 0 Å². The van der Waals surface area contributed by atoms with E-state index in [2.05, 4.69) is 4.90 Å². The molecule has 0 saturated carbocycles. The van der Waals surface area contributed by atoms with Crippen LogP contribution in [0.3, 0.4) is 0 Å². The average molecular weight is 508 g/mol. The number of halogens is 1. The van der Waals surface area contributed by atoms with Crippen LogP contribution in [0.1, 0.15) is 12.8 Å². The third-order valence-electron chi connectivity index (χ3n) is 6.56. The van der Waals surface area contributed by atoms with Crippen LogP contribution >= 0.6 is 11.6 Å². The van der Waals surface area contributed by atoms with Crippen molar-refractivity contribution in [1.29, 1.82) is 0 Å². The number of piperidine rings is 1. The first-order chi connectivity index (χ1) is 16.3. The second kappa shape index (κ2) is 10.4. The average Bonchev–Trinajstić information content (AvgIpc) is 2.88. The molecule has 0 spiro atoms. The number of carbonyl (C=O) groups is 1. The van der Waals surface area contributed by atoms with E-state index in [-0.39, 0.29) is 22.5 Å². The van der Waals surface area contributed by atoms with Gasteiger partial charge in [0.1, 0.15) is 16.4 Å². The van der Waals surface area contributed by atoms with E-state index in [0.717, 1.165) is 18.8 Å². The number of anilines is 1. The molecule has 0 atom stereocenters. The highest BCUT2D eigenvalue weighted by molar-refractivity contribution is 7.89. The standard InChI is InChI=1S/C24H30ClN3O5S/c1-32-21-6-7-22(33-2)23(17-21)34(30,31)28-10-8-18(9-11-28)24(29)27-14-12-26(13-15-27)20-5-3-4-19(25)16-20/h3-7,16-18H,8-15H2,1-2H3. The van der Waals surface area contributed by atoms with Gasteiger partial charge < -0.3 is 19.3 Å². The zero-order chi connectivity index (χ0) is 24.3. The lowest BCUT2D eigenvalue weighted by atomic mass is 9.96. The summed E-state index contributed by atoms with van der Waals surface area (Å²) in [5, 5.41) is 0.698. The van der Waals surface area contributed by atoms with Crippen molar-refractivity contribution in [3.05, 3.63) is 47.5 Å². The summed E-state index contributed by atoms with van der Waals surface area (Å²) in [7, 11) is -0.834. The quantitative estimate of drug-likeness (QED) is 0.598. The number of rotatable bonds is 6. The second-order valence-electron chi connectivity index (χ2n) is 8.49. The molecule has 4 rings (SSSR count). The van der Waals surface area contributed by atoms with Crippen molar-refractivity contribution in [2.24, 2.45) is 5.92 Å². The number of hydrogen-bond acceptors (Lipinski definition) is 6. The Morgan fingerprint density at radius 3 is 2.26 bits per heavy atom. The van der Waals surface area contributed by atoms with Crippen molar-refractivity contribution in [3.8, 4) is 11.5 Å². The summed E-state index contributed by atoms with van der Waals surface area (Å²) in [4.78, 5) is 17.4. The predicted molar refractivity (Wildman–Crippen MR) is 131 cm³/mol. The van der Waals surface area contributed by atoms with Gasteiger partial charge in [0.25, 0.3) is 0 Å². The minimum atomic E-state index is -3.77. The van der Waals surface area contributed by atoms with Gasteiger partial charge in [0.2, 0.25) is 15.9 Å². The lowest BCUT2D eigenvalue weighted by Gasteiger charge is -2.39. The molecule has 0 N–H and O–H groups in total. The maximum atomic E-state index is 13.3. The first-order valence-electron chi connectivity index (χ1n) is 11.3. The number of piperazine rings is 1. The van der Waals surface area contributed by atoms with E-state index in [0.29, 0.717) is 49.8 Å². The Bertz CT molecular complexity index is 1130. The summed E-state index contributed by atoms with van der Waals surface area (Å²) in [5.41, 5.74) is 1.06. The van der Waals surface area contributed by atoms with Crippen LogP contribution in [-0.2, 0) is 14.8 Å². The van der Waals surface area contributed by atoms with Crippen LogP contribution < -0.4 is 14.4 Å². The van der Waals surface area contributed by atoms with E-state index < -0.39 is 10.0 Å². The highest BCUT2D eigenvalue weighted by Gasteiger charge is 2.36. The highest BCUT2D eigenvalue weighted by atomic mass is 35.5. The van der Waals surface area contributed by atoms with Crippen LogP contribution in [0.5, 0.6) is 11.5 Å². The Hall–Kier alpha value is -2.49. The van der Waals surface area contributed by atoms with Crippen LogP contribution in [0.4, 0.5) is 5.69 Å². The largest absolute Gasteiger partial charge is 0.497 e. The molecule has 2 heterocycles. The van der Waals surface area contributed by atoms with Crippen molar-refractivity contribution in [1.82, 2.24) is 9.21 Å². The smallest absolute Gasteiger partial charge is 0.246 e. The summed E-state index contributed by atoms with van der Waals surface area (Å²) < 4.78 is 38.5. The molecule has 34 heavy (non-hydrogen) atoms. The monoisotopic (exact) mass is 507 g/mol. The Kier molecular flexibility index (Phi) is 7.54. The van der Waals surface area contributed by atoms with Crippen LogP contribution in [-0.4, -0.2) is 77.0 Å². The van der Waals surface area contributed by atoms with Gasteiger partial charge in [-0.1, -0.05) is 17.7 Å². The van der Waals surface area contributed by atoms with Gasteiger partial charge in [0.05, 0.1) is 14.2 Å². The number of carbonyl (C=O) groups excluding carboxylic acids is 1. The third kappa shape index (κ3) is 5.11. The van der Waals surface area contributed by atoms with E-state index in [1.165, 1.54) is 24.6 Å². The summed E-state index contributed by atoms with van der Waals surface area (Å²) in [5.74, 6) is 0.663. The van der Waals surface area contributed by atoms with Crippen molar-refractivity contribution in [2.75, 3.05) is 58.4 Å². The lowest BCUT2D eigenvalue weighted by Crippen LogP contribution is -2.52. The number of hydrogen-bond donors (Lipinski definition) is 0. The molecule has 2 saturated heterocycles. The molecule has 1 amide bonds. The normalized spacial score (nSPS) is 18.1. The van der Waals surface area contributed by atoms with Crippen molar-refractivity contribution in [2.45, 2.75) is 17.7 Å². The molecule has 2 aromatic carbocycles. The van der Waals surface area contributed by atoms with Gasteiger partial charge in [0, 0.05) is 62.0 Å². The van der Waals surface area contributed by atoms with Gasteiger partial charge >= 0.3 is 0 Å². The molecule has 2 fully saturated rings. The molecule has 0 bridgehead atoms. The maximum Gasteiger partial charge on any atom is 0.246 e. The maximum absolute atomic E-state index is 13.3. The van der Waals surface area contributed by atoms with Crippen molar-refractivity contribution >= 4 is 33.2 Å². The zero-order valence-electron chi connectivity index (χ0n) is 19.4. The SMILES string of the molecule is COc1ccc(OC)c(S(=O)(=O)N2CCC(C(=O)N3CCN(c4cccc(Cl)c4)CC3)CC2)c1. The Morgan fingerprint density at radius 2 is 1.65 bits per heavy atom. The molecule has 10 heteroatoms. The molecular formula is C24H30ClN3O5S. The van der Waals surface area contributed by atoms with E-state index in [4.69, 9.17) is 21.1 Å². The number of methoxy groups -OCH3 is 2. The molecule has 2 aromatic rings. The van der Waals surface area contributed by atoms with Crippen LogP contribution in [0.2, 0.25) is 5.02 Å². The van der Waals surface area contributed by atoms with E-state index in [1.54, 1.807) is 12.1 Å².